The van der Waals surface area contributed by atoms with Gasteiger partial charge in [0, 0.05) is 39.5 Å². The summed E-state index contributed by atoms with van der Waals surface area (Å²) >= 11 is 0. The molecule has 2 aliphatic heterocycles. The highest BCUT2D eigenvalue weighted by molar-refractivity contribution is 5.99. The first kappa shape index (κ1) is 62.4. The molecule has 12 atom stereocenters. The minimum absolute atomic E-state index is 0.0253. The number of likely N-dealkylation sites (N-methyl/N-ethyl adjacent to an activating group) is 1. The van der Waals surface area contributed by atoms with Crippen molar-refractivity contribution >= 4 is 53.2 Å². The fourth-order valence-corrected chi connectivity index (χ4v) is 9.39. The number of rotatable bonds is 19. The molecule has 79 heavy (non-hydrogen) atoms. The molecule has 0 aromatic heterocycles. The highest BCUT2D eigenvalue weighted by Gasteiger charge is 2.46. The summed E-state index contributed by atoms with van der Waals surface area (Å²) in [5.74, 6) is -9.90. The Balaban J connectivity index is 1.52. The van der Waals surface area contributed by atoms with E-state index in [2.05, 4.69) is 31.9 Å². The van der Waals surface area contributed by atoms with Gasteiger partial charge in [-0.1, -0.05) is 107 Å². The summed E-state index contributed by atoms with van der Waals surface area (Å²) in [4.78, 5) is 131. The van der Waals surface area contributed by atoms with E-state index in [-0.39, 0.29) is 37.9 Å². The van der Waals surface area contributed by atoms with Gasteiger partial charge in [-0.05, 0) is 73.3 Å². The average Bonchev–Trinajstić information content (AvgIpc) is 3.48. The number of carbonyl (C=O) groups is 9. The van der Waals surface area contributed by atoms with Gasteiger partial charge in [-0.3, -0.25) is 38.4 Å². The molecule has 12 unspecified atom stereocenters. The van der Waals surface area contributed by atoms with Crippen LogP contribution in [0.25, 0.3) is 0 Å². The lowest BCUT2D eigenvalue weighted by Crippen LogP contribution is -2.65. The summed E-state index contributed by atoms with van der Waals surface area (Å²) < 4.78 is 5.87. The molecule has 0 radical (unpaired) electrons. The average molecular weight is 1100 g/mol. The Bertz CT molecular complexity index is 2570. The molecule has 0 saturated carbocycles. The Kier molecular flexibility index (Phi) is 23.3. The number of phenolic OH excluding ortho intramolecular Hbond substituents is 1. The molecule has 2 fully saturated rings. The molecule has 2 bridgehead atoms. The number of hydrogen-bond acceptors (Lipinski definition) is 15. The monoisotopic (exact) mass is 1100 g/mol. The minimum Gasteiger partial charge on any atom is -0.508 e. The second-order valence-electron chi connectivity index (χ2n) is 20.5. The molecular weight excluding hydrogens is 1020 g/mol. The first-order valence-corrected chi connectivity index (χ1v) is 26.6. The second kappa shape index (κ2) is 29.5. The lowest BCUT2D eigenvalue weighted by molar-refractivity contribution is -0.165. The Morgan fingerprint density at radius 3 is 1.90 bits per heavy atom. The summed E-state index contributed by atoms with van der Waals surface area (Å²) in [6, 6.07) is 11.0. The van der Waals surface area contributed by atoms with Crippen LogP contribution in [-0.4, -0.2) is 176 Å². The molecule has 2 saturated heterocycles. The van der Waals surface area contributed by atoms with Crippen molar-refractivity contribution in [3.05, 3.63) is 102 Å². The van der Waals surface area contributed by atoms with E-state index in [9.17, 15) is 63.9 Å². The number of piperidine rings is 1. The van der Waals surface area contributed by atoms with Gasteiger partial charge < -0.3 is 72.0 Å². The van der Waals surface area contributed by atoms with Gasteiger partial charge in [0.1, 0.15) is 72.5 Å². The molecule has 3 aromatic rings. The smallest absolute Gasteiger partial charge is 0.329 e. The zero-order valence-corrected chi connectivity index (χ0v) is 45.4. The number of amides is 8. The van der Waals surface area contributed by atoms with Crippen LogP contribution in [0.2, 0.25) is 0 Å². The molecule has 8 amide bonds. The largest absolute Gasteiger partial charge is 0.508 e. The number of aliphatic hydroxyl groups is 4. The van der Waals surface area contributed by atoms with Crippen LogP contribution in [0.15, 0.2) is 84.9 Å². The first-order chi connectivity index (χ1) is 37.6. The van der Waals surface area contributed by atoms with Crippen LogP contribution in [-0.2, 0) is 67.2 Å². The van der Waals surface area contributed by atoms with Crippen molar-refractivity contribution in [1.82, 2.24) is 41.7 Å². The highest BCUT2D eigenvalue weighted by atomic mass is 16.5. The van der Waals surface area contributed by atoms with E-state index in [0.717, 1.165) is 9.80 Å². The Hall–Kier alpha value is -7.47. The molecule has 430 valence electrons. The van der Waals surface area contributed by atoms with E-state index in [1.807, 2.05) is 0 Å². The predicted molar refractivity (Wildman–Crippen MR) is 285 cm³/mol. The van der Waals surface area contributed by atoms with Gasteiger partial charge in [0.25, 0.3) is 0 Å². The second-order valence-corrected chi connectivity index (χ2v) is 20.5. The fraction of sp³-hybridized carbons (Fsp3) is 0.518. The van der Waals surface area contributed by atoms with E-state index in [1.165, 1.54) is 38.2 Å². The standard InChI is InChI=1S/C56H76N8O15/c1-7-32(4)46(61-51(73)43(68)30-36-18-20-37(67)21-19-36)52(74)57-39(25-27-66)49(71)62-47-33(5)79-56(78)45(31(2)3)60-50(72)41(28-34-14-10-8-11-15-34)63(6)55(77)42(29-35-16-12-9-13-17-35)64-44(69)23-22-40(54(64)76)59-48(70)38(24-26-65)58-53(47)75/h8-21,31-33,38-47,65-69H,7,22-30H2,1-6H3,(H,57,74)(H,58,75)(H,59,70)(H,60,72)(H,61,73)(H,62,71). The molecule has 23 heteroatoms. The summed E-state index contributed by atoms with van der Waals surface area (Å²) in [6.45, 7) is 6.44. The predicted octanol–water partition coefficient (Wildman–Crippen LogP) is -0.762. The minimum atomic E-state index is -1.91. The SMILES string of the molecule is CCC(C)C(NC(=O)C(O)Cc1ccc(O)cc1)C(=O)NC(CCO)C(=O)NC1C(=O)NC(CCO)C(=O)NC2CCC(O)N(C2=O)C(Cc2ccccc2)C(=O)N(C)C(Cc2ccccc2)C(=O)NC(C(C)C)C(=O)OC1C. The van der Waals surface area contributed by atoms with Crippen molar-refractivity contribution < 1.29 is 73.4 Å². The number of aromatic hydroxyl groups is 1. The van der Waals surface area contributed by atoms with Crippen LogP contribution in [0.1, 0.15) is 83.4 Å². The molecule has 0 aliphatic carbocycles. The van der Waals surface area contributed by atoms with E-state index >= 15 is 4.79 Å². The van der Waals surface area contributed by atoms with Crippen LogP contribution in [0.5, 0.6) is 5.75 Å². The number of nitrogens with zero attached hydrogens (tertiary/aromatic N) is 2. The fourth-order valence-electron chi connectivity index (χ4n) is 9.39. The van der Waals surface area contributed by atoms with Gasteiger partial charge in [0.15, 0.2) is 0 Å². The molecule has 2 heterocycles. The number of aliphatic hydroxyl groups excluding tert-OH is 4. The summed E-state index contributed by atoms with van der Waals surface area (Å²) in [6.07, 6.45) is -5.99. The lowest BCUT2D eigenvalue weighted by atomic mass is 9.95. The van der Waals surface area contributed by atoms with Crippen molar-refractivity contribution in [2.75, 3.05) is 20.3 Å². The third-order valence-corrected chi connectivity index (χ3v) is 14.3. The quantitative estimate of drug-likeness (QED) is 0.0658. The summed E-state index contributed by atoms with van der Waals surface area (Å²) in [7, 11) is 1.36. The Morgan fingerprint density at radius 1 is 0.722 bits per heavy atom. The van der Waals surface area contributed by atoms with Gasteiger partial charge in [0.05, 0.1) is 0 Å². The zero-order valence-electron chi connectivity index (χ0n) is 45.4. The number of hydrogen-bond donors (Lipinski definition) is 11. The van der Waals surface area contributed by atoms with E-state index in [1.54, 1.807) is 88.4 Å². The van der Waals surface area contributed by atoms with Crippen molar-refractivity contribution in [2.45, 2.75) is 153 Å². The van der Waals surface area contributed by atoms with Crippen molar-refractivity contribution in [3.63, 3.8) is 0 Å². The number of phenols is 1. The lowest BCUT2D eigenvalue weighted by Gasteiger charge is -2.43. The molecule has 23 nitrogen and oxygen atoms in total. The van der Waals surface area contributed by atoms with E-state index < -0.39 is 158 Å². The highest BCUT2D eigenvalue weighted by Crippen LogP contribution is 2.26. The van der Waals surface area contributed by atoms with Gasteiger partial charge in [-0.2, -0.15) is 0 Å². The van der Waals surface area contributed by atoms with Crippen molar-refractivity contribution in [1.29, 1.82) is 0 Å². The maximum Gasteiger partial charge on any atom is 0.329 e. The molecule has 2 aliphatic rings. The van der Waals surface area contributed by atoms with Gasteiger partial charge >= 0.3 is 5.97 Å². The first-order valence-electron chi connectivity index (χ1n) is 26.6. The van der Waals surface area contributed by atoms with Gasteiger partial charge in [-0.25, -0.2) is 4.79 Å². The summed E-state index contributed by atoms with van der Waals surface area (Å²) in [5, 5.41) is 67.6. The number of fused-ring (bicyclic) bond motifs is 2. The molecule has 0 spiro atoms. The van der Waals surface area contributed by atoms with Crippen LogP contribution in [0.3, 0.4) is 0 Å². The zero-order chi connectivity index (χ0) is 58.1. The van der Waals surface area contributed by atoms with Crippen LogP contribution < -0.4 is 31.9 Å². The van der Waals surface area contributed by atoms with Crippen LogP contribution >= 0.6 is 0 Å². The normalized spacial score (nSPS) is 24.2. The Morgan fingerprint density at radius 2 is 1.33 bits per heavy atom. The van der Waals surface area contributed by atoms with Gasteiger partial charge in [-0.15, -0.1) is 0 Å². The van der Waals surface area contributed by atoms with Crippen LogP contribution in [0, 0.1) is 11.8 Å². The third-order valence-electron chi connectivity index (χ3n) is 14.3. The molecule has 3 aromatic carbocycles. The van der Waals surface area contributed by atoms with Crippen molar-refractivity contribution in [2.24, 2.45) is 11.8 Å². The molecule has 11 N–H and O–H groups in total. The maximum absolute atomic E-state index is 15.0. The maximum atomic E-state index is 15.0. The third kappa shape index (κ3) is 17.0. The number of esters is 1. The number of benzene rings is 3. The molecule has 5 rings (SSSR count). The molecular formula is C56H76N8O15. The number of ether oxygens (including phenoxy) is 1. The van der Waals surface area contributed by atoms with Gasteiger partial charge in [0.2, 0.25) is 47.3 Å². The number of cyclic esters (lactones) is 1. The number of nitrogens with one attached hydrogen (secondary N) is 6. The Labute approximate surface area is 459 Å². The van der Waals surface area contributed by atoms with E-state index in [4.69, 9.17) is 4.74 Å². The number of carbonyl (C=O) groups excluding carboxylic acids is 9. The van der Waals surface area contributed by atoms with E-state index in [0.29, 0.717) is 23.1 Å². The summed E-state index contributed by atoms with van der Waals surface area (Å²) in [5.41, 5.74) is 1.72. The van der Waals surface area contributed by atoms with Crippen molar-refractivity contribution in [3.8, 4) is 5.75 Å². The van der Waals surface area contributed by atoms with Crippen LogP contribution in [0.4, 0.5) is 0 Å². The topological polar surface area (TPSA) is 343 Å².